The zero-order valence-corrected chi connectivity index (χ0v) is 20.7. The molecule has 0 N–H and O–H groups in total. The van der Waals surface area contributed by atoms with E-state index in [0.29, 0.717) is 5.56 Å². The van der Waals surface area contributed by atoms with E-state index in [4.69, 9.17) is 13.7 Å². The molecule has 0 saturated heterocycles. The molecule has 1 atom stereocenters. The number of fused-ring (bicyclic) bond motifs is 2. The molecule has 1 aliphatic carbocycles. The van der Waals surface area contributed by atoms with E-state index >= 15 is 0 Å². The number of rotatable bonds is 3. The van der Waals surface area contributed by atoms with Gasteiger partial charge < -0.3 is 0 Å². The third-order valence-corrected chi connectivity index (χ3v) is 7.64. The molecule has 1 aliphatic rings. The van der Waals surface area contributed by atoms with Crippen LogP contribution < -0.4 is 0 Å². The van der Waals surface area contributed by atoms with Crippen molar-refractivity contribution in [3.8, 4) is 22.3 Å². The van der Waals surface area contributed by atoms with Crippen LogP contribution in [0.4, 0.5) is 0 Å². The molecule has 182 valence electrons. The van der Waals surface area contributed by atoms with Crippen molar-refractivity contribution in [3.05, 3.63) is 162 Å². The Bertz CT molecular complexity index is 2510. The lowest BCUT2D eigenvalue weighted by Gasteiger charge is -2.23. The van der Waals surface area contributed by atoms with Crippen LogP contribution in [0.5, 0.6) is 0 Å². The molecule has 8 rings (SSSR count). The second kappa shape index (κ2) is 8.82. The van der Waals surface area contributed by atoms with Crippen molar-refractivity contribution in [2.24, 2.45) is 0 Å². The smallest absolute Gasteiger partial charge is 0.0629 e. The molecular weight excluding hydrogens is 468 g/mol. The number of hydrogen-bond acceptors (Lipinski definition) is 0. The molecule has 0 fully saturated rings. The summed E-state index contributed by atoms with van der Waals surface area (Å²) in [4.78, 5) is 0. The van der Waals surface area contributed by atoms with Crippen LogP contribution in [0.15, 0.2) is 145 Å². The molecule has 0 nitrogen and oxygen atoms in total. The van der Waals surface area contributed by atoms with E-state index in [-0.39, 0.29) is 59.5 Å². The molecule has 0 heterocycles. The third-order valence-electron chi connectivity index (χ3n) is 7.64. The molecule has 0 bridgehead atoms. The number of benzene rings is 7. The van der Waals surface area contributed by atoms with Crippen LogP contribution in [0.2, 0.25) is 0 Å². The summed E-state index contributed by atoms with van der Waals surface area (Å²) >= 11 is 0. The first kappa shape index (κ1) is 14.3. The highest BCUT2D eigenvalue weighted by molar-refractivity contribution is 6.22. The lowest BCUT2D eigenvalue weighted by Crippen LogP contribution is -2.03. The summed E-state index contributed by atoms with van der Waals surface area (Å²) in [5.74, 6) is -0.533. The second-order valence-electron chi connectivity index (χ2n) is 9.73. The number of allylic oxidation sites excluding steroid dienone is 1. The Morgan fingerprint density at radius 3 is 1.77 bits per heavy atom. The summed E-state index contributed by atoms with van der Waals surface area (Å²) < 4.78 is 84.4. The van der Waals surface area contributed by atoms with Gasteiger partial charge in [0.15, 0.2) is 0 Å². The fraction of sp³-hybridized carbons (Fsp3) is 0.0256. The Kier molecular flexibility index (Phi) is 3.23. The highest BCUT2D eigenvalue weighted by Gasteiger charge is 2.22. The minimum atomic E-state index is -0.533. The summed E-state index contributed by atoms with van der Waals surface area (Å²) in [6.07, 6.45) is 3.85. The molecule has 39 heavy (non-hydrogen) atoms. The molecule has 7 aromatic carbocycles. The predicted molar refractivity (Wildman–Crippen MR) is 167 cm³/mol. The van der Waals surface area contributed by atoms with Crippen molar-refractivity contribution in [3.63, 3.8) is 0 Å². The maximum atomic E-state index is 8.82. The topological polar surface area (TPSA) is 0 Å². The van der Waals surface area contributed by atoms with Gasteiger partial charge in [0.05, 0.1) is 13.7 Å². The van der Waals surface area contributed by atoms with Gasteiger partial charge in [-0.25, -0.2) is 0 Å². The molecule has 0 aromatic heterocycles. The fourth-order valence-corrected chi connectivity index (χ4v) is 6.08. The van der Waals surface area contributed by atoms with Crippen LogP contribution >= 0.6 is 0 Å². The summed E-state index contributed by atoms with van der Waals surface area (Å²) in [6.45, 7) is 0. The van der Waals surface area contributed by atoms with Crippen LogP contribution in [0.3, 0.4) is 0 Å². The van der Waals surface area contributed by atoms with Crippen molar-refractivity contribution in [1.29, 1.82) is 0 Å². The van der Waals surface area contributed by atoms with Gasteiger partial charge in [-0.2, -0.15) is 0 Å². The van der Waals surface area contributed by atoms with E-state index < -0.39 is 18.0 Å². The lowest BCUT2D eigenvalue weighted by atomic mass is 9.80. The predicted octanol–water partition coefficient (Wildman–Crippen LogP) is 10.6. The molecule has 0 radical (unpaired) electrons. The SMILES string of the molecule is [2H]c1c([2H])c([2H])c(-c2c3ccccc3c(-c3cc4c5c(cccc5c3)C(c3c([2H])c([2H])c([2H])c([2H])c3[2H])C=C4)c3ccccc23)c([2H])c1[2H]. The first-order valence-electron chi connectivity index (χ1n) is 17.8. The minimum Gasteiger partial charge on any atom is -0.0720 e. The summed E-state index contributed by atoms with van der Waals surface area (Å²) in [5.41, 5.74) is 4.62. The monoisotopic (exact) mass is 504 g/mol. The van der Waals surface area contributed by atoms with Gasteiger partial charge in [-0.15, -0.1) is 0 Å². The molecule has 0 aliphatic heterocycles. The van der Waals surface area contributed by atoms with Gasteiger partial charge in [0, 0.05) is 5.92 Å². The Hall–Kier alpha value is -4.94. The van der Waals surface area contributed by atoms with E-state index in [9.17, 15) is 0 Å². The minimum absolute atomic E-state index is 0.157. The van der Waals surface area contributed by atoms with Crippen molar-refractivity contribution >= 4 is 38.4 Å². The lowest BCUT2D eigenvalue weighted by molar-refractivity contribution is 1.04. The van der Waals surface area contributed by atoms with Gasteiger partial charge in [0.2, 0.25) is 0 Å². The van der Waals surface area contributed by atoms with Crippen LogP contribution in [0.25, 0.3) is 60.6 Å². The van der Waals surface area contributed by atoms with Crippen LogP contribution in [0, 0.1) is 0 Å². The Labute approximate surface area is 242 Å². The van der Waals surface area contributed by atoms with E-state index in [2.05, 4.69) is 12.1 Å². The number of hydrogen-bond donors (Lipinski definition) is 0. The molecule has 0 heteroatoms. The fourth-order valence-electron chi connectivity index (χ4n) is 6.08. The molecule has 0 saturated carbocycles. The van der Waals surface area contributed by atoms with Crippen LogP contribution in [-0.2, 0) is 0 Å². The van der Waals surface area contributed by atoms with Crippen molar-refractivity contribution in [1.82, 2.24) is 0 Å². The third kappa shape index (κ3) is 3.46. The largest absolute Gasteiger partial charge is 0.0720 e. The van der Waals surface area contributed by atoms with Gasteiger partial charge in [0.25, 0.3) is 0 Å². The van der Waals surface area contributed by atoms with E-state index in [0.717, 1.165) is 54.6 Å². The van der Waals surface area contributed by atoms with Gasteiger partial charge in [0.1, 0.15) is 0 Å². The highest BCUT2D eigenvalue weighted by Crippen LogP contribution is 2.46. The Morgan fingerprint density at radius 2 is 1.13 bits per heavy atom. The Morgan fingerprint density at radius 1 is 0.538 bits per heavy atom. The maximum Gasteiger partial charge on any atom is 0.0629 e. The zero-order valence-electron chi connectivity index (χ0n) is 30.7. The van der Waals surface area contributed by atoms with Crippen molar-refractivity contribution in [2.45, 2.75) is 5.92 Å². The standard InChI is InChI=1S/C39H26/c1-3-12-26(13-4-1)31-23-22-29-25-30(24-28-16-11-21-32(31)37(28)29)39-35-19-9-7-17-33(35)38(27-14-5-2-6-15-27)34-18-8-10-20-36(34)39/h1-25,31H/i1D,2D,3D,4D,5D,6D,12D,13D,14D,15D. The summed E-state index contributed by atoms with van der Waals surface area (Å²) in [7, 11) is 0. The molecule has 0 amide bonds. The van der Waals surface area contributed by atoms with Gasteiger partial charge in [-0.05, 0) is 83.4 Å². The van der Waals surface area contributed by atoms with Crippen LogP contribution in [0.1, 0.15) is 36.3 Å². The normalized spacial score (nSPS) is 17.9. The van der Waals surface area contributed by atoms with Gasteiger partial charge in [-0.1, -0.05) is 139 Å². The molecule has 1 unspecified atom stereocenters. The van der Waals surface area contributed by atoms with Crippen molar-refractivity contribution < 1.29 is 13.7 Å². The molecule has 0 spiro atoms. The van der Waals surface area contributed by atoms with E-state index in [1.54, 1.807) is 0 Å². The van der Waals surface area contributed by atoms with Crippen molar-refractivity contribution in [2.75, 3.05) is 0 Å². The van der Waals surface area contributed by atoms with Gasteiger partial charge in [-0.3, -0.25) is 0 Å². The molecule has 7 aromatic rings. The summed E-state index contributed by atoms with van der Waals surface area (Å²) in [5, 5.41) is 5.11. The average Bonchev–Trinajstić information content (AvgIpc) is 3.12. The van der Waals surface area contributed by atoms with Crippen LogP contribution in [-0.4, -0.2) is 0 Å². The average molecular weight is 505 g/mol. The van der Waals surface area contributed by atoms with Gasteiger partial charge >= 0.3 is 0 Å². The quantitative estimate of drug-likeness (QED) is 0.210. The summed E-state index contributed by atoms with van der Waals surface area (Å²) in [6, 6.07) is 22.3. The molecular formula is C39H26. The van der Waals surface area contributed by atoms with E-state index in [1.165, 1.54) is 0 Å². The highest BCUT2D eigenvalue weighted by atomic mass is 14.2. The second-order valence-corrected chi connectivity index (χ2v) is 9.73. The Balaban J connectivity index is 1.41. The first-order chi connectivity index (χ1) is 23.5. The van der Waals surface area contributed by atoms with E-state index in [1.807, 2.05) is 78.9 Å². The first-order valence-corrected chi connectivity index (χ1v) is 12.8. The zero-order chi connectivity index (χ0) is 34.5. The maximum absolute atomic E-state index is 8.82.